The zero-order valence-electron chi connectivity index (χ0n) is 12.1. The molecular weight excluding hydrogens is 242 g/mol. The van der Waals surface area contributed by atoms with Crippen molar-refractivity contribution in [1.82, 2.24) is 4.90 Å². The van der Waals surface area contributed by atoms with Crippen LogP contribution in [0.5, 0.6) is 0 Å². The minimum atomic E-state index is -0.463. The van der Waals surface area contributed by atoms with Crippen LogP contribution in [0.4, 0.5) is 0 Å². The largest absolute Gasteiger partial charge is 0.464 e. The lowest BCUT2D eigenvalue weighted by Gasteiger charge is -2.29. The molecule has 4 nitrogen and oxygen atoms in total. The maximum atomic E-state index is 9.30. The average molecular weight is 267 g/mol. The number of aliphatic hydroxyl groups excluding tert-OH is 2. The third kappa shape index (κ3) is 3.59. The molecule has 1 saturated carbocycles. The monoisotopic (exact) mass is 267 g/mol. The molecule has 2 unspecified atom stereocenters. The second kappa shape index (κ2) is 5.65. The Labute approximate surface area is 115 Å². The van der Waals surface area contributed by atoms with Crippen molar-refractivity contribution in [2.75, 3.05) is 26.8 Å². The van der Waals surface area contributed by atoms with E-state index in [0.717, 1.165) is 17.4 Å². The predicted molar refractivity (Wildman–Crippen MR) is 73.8 cm³/mol. The van der Waals surface area contributed by atoms with Gasteiger partial charge in [-0.25, -0.2) is 0 Å². The highest BCUT2D eigenvalue weighted by molar-refractivity contribution is 5.17. The first-order chi connectivity index (χ1) is 8.97. The molecule has 0 saturated heterocycles. The molecule has 1 aromatic heterocycles. The Morgan fingerprint density at radius 1 is 1.37 bits per heavy atom. The van der Waals surface area contributed by atoms with E-state index in [1.54, 1.807) is 0 Å². The van der Waals surface area contributed by atoms with Gasteiger partial charge in [0.2, 0.25) is 0 Å². The van der Waals surface area contributed by atoms with Crippen molar-refractivity contribution >= 4 is 0 Å². The van der Waals surface area contributed by atoms with Gasteiger partial charge in [-0.3, -0.25) is 4.90 Å². The molecule has 1 aliphatic rings. The number of rotatable bonds is 7. The Balaban J connectivity index is 1.88. The molecule has 1 aliphatic carbocycles. The van der Waals surface area contributed by atoms with E-state index in [1.165, 1.54) is 6.42 Å². The summed E-state index contributed by atoms with van der Waals surface area (Å²) in [7, 11) is 1.98. The smallest absolute Gasteiger partial charge is 0.118 e. The van der Waals surface area contributed by atoms with Gasteiger partial charge in [0.25, 0.3) is 0 Å². The highest BCUT2D eigenvalue weighted by Crippen LogP contribution is 2.47. The minimum absolute atomic E-state index is 0.0170. The Hall–Kier alpha value is -0.840. The lowest BCUT2D eigenvalue weighted by atomic mass is 9.92. The first-order valence-corrected chi connectivity index (χ1v) is 6.96. The van der Waals surface area contributed by atoms with Gasteiger partial charge < -0.3 is 14.6 Å². The molecule has 0 aliphatic heterocycles. The second-order valence-electron chi connectivity index (χ2n) is 6.42. The SMILES string of the molecule is CC1CC1c1ccc(CN(C)CC(C)(CO)CO)o1. The lowest BCUT2D eigenvalue weighted by molar-refractivity contribution is 0.0386. The molecule has 1 fully saturated rings. The highest BCUT2D eigenvalue weighted by Gasteiger charge is 2.36. The molecule has 0 spiro atoms. The van der Waals surface area contributed by atoms with Gasteiger partial charge in [-0.05, 0) is 31.5 Å². The zero-order valence-corrected chi connectivity index (χ0v) is 12.1. The van der Waals surface area contributed by atoms with Gasteiger partial charge in [-0.2, -0.15) is 0 Å². The molecule has 4 heteroatoms. The van der Waals surface area contributed by atoms with Crippen LogP contribution < -0.4 is 0 Å². The molecule has 0 aromatic carbocycles. The van der Waals surface area contributed by atoms with E-state index in [9.17, 15) is 10.2 Å². The van der Waals surface area contributed by atoms with E-state index in [-0.39, 0.29) is 13.2 Å². The van der Waals surface area contributed by atoms with E-state index in [4.69, 9.17) is 4.42 Å². The summed E-state index contributed by atoms with van der Waals surface area (Å²) in [6.07, 6.45) is 1.23. The van der Waals surface area contributed by atoms with Crippen LogP contribution in [-0.4, -0.2) is 41.9 Å². The highest BCUT2D eigenvalue weighted by atomic mass is 16.3. The first kappa shape index (κ1) is 14.6. The molecule has 19 heavy (non-hydrogen) atoms. The average Bonchev–Trinajstić information content (AvgIpc) is 2.93. The van der Waals surface area contributed by atoms with Gasteiger partial charge in [-0.15, -0.1) is 0 Å². The summed E-state index contributed by atoms with van der Waals surface area (Å²) in [5.41, 5.74) is -0.463. The van der Waals surface area contributed by atoms with Crippen molar-refractivity contribution in [1.29, 1.82) is 0 Å². The number of aliphatic hydroxyl groups is 2. The molecule has 2 N–H and O–H groups in total. The van der Waals surface area contributed by atoms with E-state index >= 15 is 0 Å². The van der Waals surface area contributed by atoms with Crippen LogP contribution in [0.25, 0.3) is 0 Å². The first-order valence-electron chi connectivity index (χ1n) is 6.96. The van der Waals surface area contributed by atoms with Crippen LogP contribution in [0.3, 0.4) is 0 Å². The summed E-state index contributed by atoms with van der Waals surface area (Å²) in [5, 5.41) is 18.6. The van der Waals surface area contributed by atoms with Gasteiger partial charge in [0.15, 0.2) is 0 Å². The number of hydrogen-bond donors (Lipinski definition) is 2. The topological polar surface area (TPSA) is 56.8 Å². The van der Waals surface area contributed by atoms with E-state index < -0.39 is 5.41 Å². The van der Waals surface area contributed by atoms with Crippen LogP contribution in [0.2, 0.25) is 0 Å². The number of furan rings is 1. The molecular formula is C15H25NO3. The van der Waals surface area contributed by atoms with Gasteiger partial charge in [-0.1, -0.05) is 13.8 Å². The van der Waals surface area contributed by atoms with Crippen molar-refractivity contribution in [3.63, 3.8) is 0 Å². The lowest BCUT2D eigenvalue weighted by Crippen LogP contribution is -2.38. The van der Waals surface area contributed by atoms with E-state index in [1.807, 2.05) is 20.0 Å². The van der Waals surface area contributed by atoms with Gasteiger partial charge in [0.1, 0.15) is 11.5 Å². The molecule has 0 amide bonds. The Bertz CT molecular complexity index is 411. The molecule has 1 aromatic rings. The van der Waals surface area contributed by atoms with Crippen LogP contribution in [0.15, 0.2) is 16.5 Å². The summed E-state index contributed by atoms with van der Waals surface area (Å²) in [6.45, 7) is 5.43. The van der Waals surface area contributed by atoms with Crippen molar-refractivity contribution in [3.05, 3.63) is 23.7 Å². The summed E-state index contributed by atoms with van der Waals surface area (Å²) >= 11 is 0. The number of hydrogen-bond acceptors (Lipinski definition) is 4. The molecule has 2 atom stereocenters. The molecule has 108 valence electrons. The van der Waals surface area contributed by atoms with Crippen LogP contribution in [0, 0.1) is 11.3 Å². The summed E-state index contributed by atoms with van der Waals surface area (Å²) in [4.78, 5) is 2.07. The van der Waals surface area contributed by atoms with Crippen LogP contribution in [0.1, 0.15) is 37.7 Å². The summed E-state index contributed by atoms with van der Waals surface area (Å²) < 4.78 is 5.86. The maximum absolute atomic E-state index is 9.30. The minimum Gasteiger partial charge on any atom is -0.464 e. The fourth-order valence-electron chi connectivity index (χ4n) is 2.52. The Morgan fingerprint density at radius 3 is 2.53 bits per heavy atom. The van der Waals surface area contributed by atoms with Crippen LogP contribution >= 0.6 is 0 Å². The predicted octanol–water partition coefficient (Wildman–Crippen LogP) is 1.83. The summed E-state index contributed by atoms with van der Waals surface area (Å²) in [6, 6.07) is 4.11. The van der Waals surface area contributed by atoms with Gasteiger partial charge in [0, 0.05) is 17.9 Å². The normalized spacial score (nSPS) is 23.1. The van der Waals surface area contributed by atoms with Crippen molar-refractivity contribution in [3.8, 4) is 0 Å². The molecule has 0 radical (unpaired) electrons. The second-order valence-corrected chi connectivity index (χ2v) is 6.42. The third-order valence-corrected chi connectivity index (χ3v) is 4.00. The van der Waals surface area contributed by atoms with E-state index in [0.29, 0.717) is 19.0 Å². The van der Waals surface area contributed by atoms with E-state index in [2.05, 4.69) is 17.9 Å². The molecule has 0 bridgehead atoms. The fraction of sp³-hybridized carbons (Fsp3) is 0.733. The number of nitrogens with zero attached hydrogens (tertiary/aromatic N) is 1. The maximum Gasteiger partial charge on any atom is 0.118 e. The van der Waals surface area contributed by atoms with Gasteiger partial charge >= 0.3 is 0 Å². The molecule has 2 rings (SSSR count). The fourth-order valence-corrected chi connectivity index (χ4v) is 2.52. The van der Waals surface area contributed by atoms with Gasteiger partial charge in [0.05, 0.1) is 19.8 Å². The van der Waals surface area contributed by atoms with Crippen molar-refractivity contribution < 1.29 is 14.6 Å². The molecule has 1 heterocycles. The summed E-state index contributed by atoms with van der Waals surface area (Å²) in [5.74, 6) is 3.42. The standard InChI is InChI=1S/C15H25NO3/c1-11-6-13(11)14-5-4-12(19-14)7-16(3)8-15(2,9-17)10-18/h4-5,11,13,17-18H,6-10H2,1-3H3. The quantitative estimate of drug-likeness (QED) is 0.791. The Kier molecular flexibility index (Phi) is 4.33. The van der Waals surface area contributed by atoms with Crippen LogP contribution in [-0.2, 0) is 6.54 Å². The third-order valence-electron chi connectivity index (χ3n) is 4.00. The van der Waals surface area contributed by atoms with Crippen molar-refractivity contribution in [2.24, 2.45) is 11.3 Å². The Morgan fingerprint density at radius 2 is 2.00 bits per heavy atom. The zero-order chi connectivity index (χ0) is 14.0. The van der Waals surface area contributed by atoms with Crippen molar-refractivity contribution in [2.45, 2.75) is 32.7 Å².